The Morgan fingerprint density at radius 2 is 2.12 bits per heavy atom. The number of hydrogen-bond acceptors (Lipinski definition) is 4. The molecule has 1 aromatic rings. The van der Waals surface area contributed by atoms with Crippen molar-refractivity contribution in [1.82, 2.24) is 9.97 Å². The molecule has 0 fully saturated rings. The smallest absolute Gasteiger partial charge is 0.158 e. The molecule has 1 heterocycles. The van der Waals surface area contributed by atoms with Gasteiger partial charge in [-0.25, -0.2) is 9.97 Å². The van der Waals surface area contributed by atoms with Gasteiger partial charge in [0.05, 0.1) is 0 Å². The van der Waals surface area contributed by atoms with Crippen LogP contribution in [0.5, 0.6) is 0 Å². The van der Waals surface area contributed by atoms with Gasteiger partial charge in [-0.1, -0.05) is 25.4 Å². The first-order valence-corrected chi connectivity index (χ1v) is 6.22. The fraction of sp³-hybridized carbons (Fsp3) is 0.667. The Kier molecular flexibility index (Phi) is 5.65. The van der Waals surface area contributed by atoms with E-state index in [-0.39, 0.29) is 0 Å². The zero-order valence-electron chi connectivity index (χ0n) is 10.9. The Bertz CT molecular complexity index is 358. The molecule has 17 heavy (non-hydrogen) atoms. The summed E-state index contributed by atoms with van der Waals surface area (Å²) in [7, 11) is 1.62. The average molecular weight is 258 g/mol. The largest absolute Gasteiger partial charge is 0.377 e. The molecule has 0 saturated carbocycles. The molecule has 0 bridgehead atoms. The van der Waals surface area contributed by atoms with Gasteiger partial charge in [0.25, 0.3) is 0 Å². The highest BCUT2D eigenvalue weighted by Gasteiger charge is 2.11. The maximum Gasteiger partial charge on any atom is 0.158 e. The summed E-state index contributed by atoms with van der Waals surface area (Å²) in [5.74, 6) is 2.07. The SMILES string of the molecule is CCN(CC(C)C)c1cc(Cl)nc(COC)n1. The van der Waals surface area contributed by atoms with E-state index in [1.54, 1.807) is 13.2 Å². The molecule has 0 aliphatic heterocycles. The van der Waals surface area contributed by atoms with E-state index < -0.39 is 0 Å². The molecular formula is C12H20ClN3O. The Balaban J connectivity index is 2.93. The molecule has 0 N–H and O–H groups in total. The van der Waals surface area contributed by atoms with Gasteiger partial charge in [-0.2, -0.15) is 0 Å². The molecule has 0 radical (unpaired) electrons. The molecule has 4 nitrogen and oxygen atoms in total. The second kappa shape index (κ2) is 6.77. The summed E-state index contributed by atoms with van der Waals surface area (Å²) in [5.41, 5.74) is 0. The van der Waals surface area contributed by atoms with Crippen molar-refractivity contribution in [3.8, 4) is 0 Å². The highest BCUT2D eigenvalue weighted by atomic mass is 35.5. The van der Waals surface area contributed by atoms with Crippen molar-refractivity contribution >= 4 is 17.4 Å². The lowest BCUT2D eigenvalue weighted by atomic mass is 10.2. The normalized spacial score (nSPS) is 10.9. The number of ether oxygens (including phenoxy) is 1. The van der Waals surface area contributed by atoms with E-state index in [0.29, 0.717) is 23.5 Å². The maximum absolute atomic E-state index is 5.99. The minimum atomic E-state index is 0.382. The lowest BCUT2D eigenvalue weighted by molar-refractivity contribution is 0.178. The molecule has 0 amide bonds. The standard InChI is InChI=1S/C12H20ClN3O/c1-5-16(7-9(2)3)12-6-10(13)14-11(15-12)8-17-4/h6,9H,5,7-8H2,1-4H3. The van der Waals surface area contributed by atoms with Crippen molar-refractivity contribution in [2.45, 2.75) is 27.4 Å². The van der Waals surface area contributed by atoms with Crippen molar-refractivity contribution < 1.29 is 4.74 Å². The van der Waals surface area contributed by atoms with Crippen LogP contribution >= 0.6 is 11.6 Å². The molecular weight excluding hydrogens is 238 g/mol. The van der Waals surface area contributed by atoms with E-state index in [4.69, 9.17) is 16.3 Å². The fourth-order valence-corrected chi connectivity index (χ4v) is 1.83. The first kappa shape index (κ1) is 14.2. The van der Waals surface area contributed by atoms with Crippen LogP contribution in [0.2, 0.25) is 5.15 Å². The third-order valence-electron chi connectivity index (χ3n) is 2.29. The predicted molar refractivity (Wildman–Crippen MR) is 70.5 cm³/mol. The second-order valence-electron chi connectivity index (χ2n) is 4.33. The van der Waals surface area contributed by atoms with Gasteiger partial charge in [-0.05, 0) is 12.8 Å². The summed E-state index contributed by atoms with van der Waals surface area (Å²) < 4.78 is 5.03. The lowest BCUT2D eigenvalue weighted by Gasteiger charge is -2.24. The minimum Gasteiger partial charge on any atom is -0.377 e. The van der Waals surface area contributed by atoms with Crippen molar-refractivity contribution in [3.63, 3.8) is 0 Å². The molecule has 0 spiro atoms. The molecule has 5 heteroatoms. The van der Waals surface area contributed by atoms with E-state index in [0.717, 1.165) is 18.9 Å². The molecule has 0 atom stereocenters. The van der Waals surface area contributed by atoms with Gasteiger partial charge in [-0.3, -0.25) is 0 Å². The van der Waals surface area contributed by atoms with Crippen molar-refractivity contribution in [3.05, 3.63) is 17.0 Å². The van der Waals surface area contributed by atoms with Gasteiger partial charge < -0.3 is 9.64 Å². The first-order chi connectivity index (χ1) is 8.06. The Labute approximate surface area is 108 Å². The Morgan fingerprint density at radius 3 is 2.65 bits per heavy atom. The van der Waals surface area contributed by atoms with Crippen molar-refractivity contribution in [1.29, 1.82) is 0 Å². The number of anilines is 1. The quantitative estimate of drug-likeness (QED) is 0.735. The molecule has 96 valence electrons. The molecule has 1 rings (SSSR count). The number of hydrogen-bond donors (Lipinski definition) is 0. The molecule has 0 aromatic carbocycles. The fourth-order valence-electron chi connectivity index (χ4n) is 1.63. The molecule has 0 saturated heterocycles. The van der Waals surface area contributed by atoms with Crippen LogP contribution in [0.4, 0.5) is 5.82 Å². The summed E-state index contributed by atoms with van der Waals surface area (Å²) in [6.45, 7) is 8.71. The first-order valence-electron chi connectivity index (χ1n) is 5.84. The molecule has 0 unspecified atom stereocenters. The van der Waals surface area contributed by atoms with E-state index in [2.05, 4.69) is 35.6 Å². The number of methoxy groups -OCH3 is 1. The molecule has 0 aliphatic carbocycles. The second-order valence-corrected chi connectivity index (χ2v) is 4.72. The topological polar surface area (TPSA) is 38.2 Å². The average Bonchev–Trinajstić information content (AvgIpc) is 2.25. The van der Waals surface area contributed by atoms with Crippen molar-refractivity contribution in [2.75, 3.05) is 25.1 Å². The number of aromatic nitrogens is 2. The zero-order chi connectivity index (χ0) is 12.8. The van der Waals surface area contributed by atoms with Crippen LogP contribution in [0.15, 0.2) is 6.07 Å². The van der Waals surface area contributed by atoms with E-state index >= 15 is 0 Å². The summed E-state index contributed by atoms with van der Waals surface area (Å²) in [5, 5.41) is 0.462. The van der Waals surface area contributed by atoms with E-state index in [1.165, 1.54) is 0 Å². The molecule has 0 aliphatic rings. The van der Waals surface area contributed by atoms with Gasteiger partial charge in [0.15, 0.2) is 5.82 Å². The number of nitrogens with zero attached hydrogens (tertiary/aromatic N) is 3. The predicted octanol–water partition coefficient (Wildman–Crippen LogP) is 2.76. The molecule has 1 aromatic heterocycles. The van der Waals surface area contributed by atoms with Crippen LogP contribution in [0.1, 0.15) is 26.6 Å². The van der Waals surface area contributed by atoms with Crippen molar-refractivity contribution in [2.24, 2.45) is 5.92 Å². The van der Waals surface area contributed by atoms with Gasteiger partial charge in [-0.15, -0.1) is 0 Å². The summed E-state index contributed by atoms with van der Waals surface area (Å²) in [6, 6.07) is 1.80. The lowest BCUT2D eigenvalue weighted by Crippen LogP contribution is -2.28. The minimum absolute atomic E-state index is 0.382. The van der Waals surface area contributed by atoms with Crippen LogP contribution in [0.3, 0.4) is 0 Å². The Hall–Kier alpha value is -0.870. The zero-order valence-corrected chi connectivity index (χ0v) is 11.7. The van der Waals surface area contributed by atoms with Crippen LogP contribution in [-0.4, -0.2) is 30.2 Å². The summed E-state index contributed by atoms with van der Waals surface area (Å²) in [4.78, 5) is 10.8. The van der Waals surface area contributed by atoms with Gasteiger partial charge in [0.2, 0.25) is 0 Å². The van der Waals surface area contributed by atoms with Crippen LogP contribution in [0.25, 0.3) is 0 Å². The highest BCUT2D eigenvalue weighted by molar-refractivity contribution is 6.29. The van der Waals surface area contributed by atoms with Crippen LogP contribution in [-0.2, 0) is 11.3 Å². The highest BCUT2D eigenvalue weighted by Crippen LogP contribution is 2.17. The van der Waals surface area contributed by atoms with E-state index in [9.17, 15) is 0 Å². The maximum atomic E-state index is 5.99. The van der Waals surface area contributed by atoms with Crippen LogP contribution in [0, 0.1) is 5.92 Å². The summed E-state index contributed by atoms with van der Waals surface area (Å²) >= 11 is 5.99. The van der Waals surface area contributed by atoms with Gasteiger partial charge >= 0.3 is 0 Å². The van der Waals surface area contributed by atoms with E-state index in [1.807, 2.05) is 0 Å². The third kappa shape index (κ3) is 4.48. The van der Waals surface area contributed by atoms with Crippen LogP contribution < -0.4 is 4.90 Å². The number of halogens is 1. The van der Waals surface area contributed by atoms with Gasteiger partial charge in [0, 0.05) is 26.3 Å². The Morgan fingerprint density at radius 1 is 1.41 bits per heavy atom. The monoisotopic (exact) mass is 257 g/mol. The van der Waals surface area contributed by atoms with Gasteiger partial charge in [0.1, 0.15) is 17.6 Å². The summed E-state index contributed by atoms with van der Waals surface area (Å²) in [6.07, 6.45) is 0. The third-order valence-corrected chi connectivity index (χ3v) is 2.49. The number of rotatable bonds is 6.